The highest BCUT2D eigenvalue weighted by atomic mass is 127. The van der Waals surface area contributed by atoms with Crippen LogP contribution in [0.5, 0.6) is 0 Å². The lowest BCUT2D eigenvalue weighted by Crippen LogP contribution is -2.15. The van der Waals surface area contributed by atoms with Gasteiger partial charge in [0.2, 0.25) is 0 Å². The number of rotatable bonds is 1. The normalized spacial score (nSPS) is 23.3. The van der Waals surface area contributed by atoms with Crippen LogP contribution in [0.1, 0.15) is 26.3 Å². The lowest BCUT2D eigenvalue weighted by atomic mass is 9.96. The Kier molecular flexibility index (Phi) is 4.27. The number of hydrogen-bond acceptors (Lipinski definition) is 1. The van der Waals surface area contributed by atoms with E-state index in [4.69, 9.17) is 0 Å². The van der Waals surface area contributed by atoms with Crippen LogP contribution in [0.4, 0.5) is 5.69 Å². The molecule has 0 aromatic heterocycles. The summed E-state index contributed by atoms with van der Waals surface area (Å²) in [7, 11) is 0. The van der Waals surface area contributed by atoms with Crippen molar-refractivity contribution in [2.75, 3.05) is 9.66 Å². The third kappa shape index (κ3) is 2.69. The summed E-state index contributed by atoms with van der Waals surface area (Å²) in [5, 5.41) is 0. The summed E-state index contributed by atoms with van der Waals surface area (Å²) >= 11 is 2.40. The summed E-state index contributed by atoms with van der Waals surface area (Å²) in [6.45, 7) is 7.44. The van der Waals surface area contributed by atoms with Crippen molar-refractivity contribution in [1.82, 2.24) is 0 Å². The van der Waals surface area contributed by atoms with E-state index in [1.165, 1.54) is 28.0 Å². The molecule has 1 aromatic carbocycles. The van der Waals surface area contributed by atoms with Gasteiger partial charge in [-0.2, -0.15) is 0 Å². The van der Waals surface area contributed by atoms with Crippen LogP contribution < -0.4 is 3.11 Å². The van der Waals surface area contributed by atoms with Gasteiger partial charge in [-0.1, -0.05) is 30.4 Å². The molecule has 0 saturated heterocycles. The molecule has 2 heteroatoms. The molecule has 18 heavy (non-hydrogen) atoms. The largest absolute Gasteiger partial charge is 0.310 e. The minimum absolute atomic E-state index is 0.961. The van der Waals surface area contributed by atoms with Gasteiger partial charge in [0, 0.05) is 6.54 Å². The van der Waals surface area contributed by atoms with Crippen LogP contribution in [0.3, 0.4) is 0 Å². The van der Waals surface area contributed by atoms with E-state index in [1.54, 1.807) is 0 Å². The SMILES string of the molecule is C\C=C/C1=C(\C)CN(I)c2ccccc2/C=C\1C. The Bertz CT molecular complexity index is 538. The predicted molar refractivity (Wildman–Crippen MR) is 89.0 cm³/mol. The van der Waals surface area contributed by atoms with Crippen molar-refractivity contribution in [2.45, 2.75) is 20.8 Å². The van der Waals surface area contributed by atoms with Gasteiger partial charge in [0.1, 0.15) is 0 Å². The van der Waals surface area contributed by atoms with Crippen molar-refractivity contribution in [3.63, 3.8) is 0 Å². The first-order chi connectivity index (χ1) is 8.63. The molecule has 1 aromatic rings. The highest BCUT2D eigenvalue weighted by molar-refractivity contribution is 14.1. The Hall–Kier alpha value is -1.03. The molecule has 1 nitrogen and oxygen atoms in total. The van der Waals surface area contributed by atoms with Crippen LogP contribution in [0.15, 0.2) is 53.1 Å². The van der Waals surface area contributed by atoms with Crippen molar-refractivity contribution < 1.29 is 0 Å². The molecule has 0 spiro atoms. The van der Waals surface area contributed by atoms with Crippen molar-refractivity contribution in [2.24, 2.45) is 0 Å². The second-order valence-corrected chi connectivity index (χ2v) is 5.77. The Balaban J connectivity index is 2.59. The summed E-state index contributed by atoms with van der Waals surface area (Å²) < 4.78 is 2.29. The molecule has 0 N–H and O–H groups in total. The summed E-state index contributed by atoms with van der Waals surface area (Å²) in [4.78, 5) is 0. The van der Waals surface area contributed by atoms with Crippen LogP contribution in [-0.4, -0.2) is 6.54 Å². The maximum absolute atomic E-state index is 2.40. The Morgan fingerprint density at radius 2 is 1.94 bits per heavy atom. The zero-order valence-corrected chi connectivity index (χ0v) is 13.2. The van der Waals surface area contributed by atoms with Crippen molar-refractivity contribution in [3.05, 3.63) is 58.7 Å². The fourth-order valence-electron chi connectivity index (χ4n) is 2.30. The molecule has 0 bridgehead atoms. The number of para-hydroxylation sites is 1. The molecule has 1 aliphatic rings. The van der Waals surface area contributed by atoms with Crippen molar-refractivity contribution in [1.29, 1.82) is 0 Å². The van der Waals surface area contributed by atoms with Crippen LogP contribution >= 0.6 is 22.9 Å². The van der Waals surface area contributed by atoms with Crippen LogP contribution in [0, 0.1) is 0 Å². The lowest BCUT2D eigenvalue weighted by Gasteiger charge is -2.24. The van der Waals surface area contributed by atoms with Crippen molar-refractivity contribution in [3.8, 4) is 0 Å². The third-order valence-electron chi connectivity index (χ3n) is 3.16. The maximum atomic E-state index is 2.40. The van der Waals surface area contributed by atoms with E-state index in [9.17, 15) is 0 Å². The highest BCUT2D eigenvalue weighted by Crippen LogP contribution is 2.31. The van der Waals surface area contributed by atoms with Gasteiger partial charge in [0.05, 0.1) is 28.6 Å². The smallest absolute Gasteiger partial charge is 0.0594 e. The number of hydrogen-bond donors (Lipinski definition) is 0. The van der Waals surface area contributed by atoms with E-state index in [1.807, 2.05) is 0 Å². The quantitative estimate of drug-likeness (QED) is 0.499. The number of anilines is 1. The molecular formula is C16H18IN. The number of benzene rings is 1. The summed E-state index contributed by atoms with van der Waals surface area (Å²) in [6.07, 6.45) is 6.60. The zero-order valence-electron chi connectivity index (χ0n) is 11.1. The van der Waals surface area contributed by atoms with Crippen molar-refractivity contribution >= 4 is 34.6 Å². The van der Waals surface area contributed by atoms with Gasteiger partial charge in [0.25, 0.3) is 0 Å². The second-order valence-electron chi connectivity index (χ2n) is 4.60. The fourth-order valence-corrected chi connectivity index (χ4v) is 3.25. The van der Waals surface area contributed by atoms with Gasteiger partial charge in [-0.25, -0.2) is 0 Å². The first-order valence-corrected chi connectivity index (χ1v) is 7.13. The first kappa shape index (κ1) is 13.4. The van der Waals surface area contributed by atoms with Gasteiger partial charge in [-0.3, -0.25) is 0 Å². The van der Waals surface area contributed by atoms with E-state index >= 15 is 0 Å². The molecule has 1 heterocycles. The van der Waals surface area contributed by atoms with Gasteiger partial charge in [-0.05, 0) is 55.2 Å². The molecule has 0 amide bonds. The molecule has 1 aliphatic heterocycles. The number of fused-ring (bicyclic) bond motifs is 1. The van der Waals surface area contributed by atoms with E-state index in [2.05, 4.69) is 89.2 Å². The standard InChI is InChI=1S/C16H18IN/c1-4-7-15-12(2)10-14-8-5-6-9-16(14)18(17)11-13(15)3/h4-10H,11H2,1-3H3/b7-4-,12-10-,15-13-. The van der Waals surface area contributed by atoms with Gasteiger partial charge >= 0.3 is 0 Å². The van der Waals surface area contributed by atoms with Crippen LogP contribution in [0.25, 0.3) is 6.08 Å². The van der Waals surface area contributed by atoms with Gasteiger partial charge in [0.15, 0.2) is 0 Å². The molecule has 94 valence electrons. The molecule has 0 atom stereocenters. The summed E-state index contributed by atoms with van der Waals surface area (Å²) in [5.74, 6) is 0. The average Bonchev–Trinajstić information content (AvgIpc) is 2.35. The molecule has 0 unspecified atom stereocenters. The van der Waals surface area contributed by atoms with E-state index in [0.717, 1.165) is 6.54 Å². The minimum atomic E-state index is 0.961. The number of allylic oxidation sites excluding steroid dienone is 4. The molecule has 0 radical (unpaired) electrons. The Labute approximate surface area is 123 Å². The predicted octanol–water partition coefficient (Wildman–Crippen LogP) is 5.15. The Morgan fingerprint density at radius 1 is 1.22 bits per heavy atom. The van der Waals surface area contributed by atoms with E-state index in [-0.39, 0.29) is 0 Å². The molecule has 2 rings (SSSR count). The zero-order chi connectivity index (χ0) is 13.1. The third-order valence-corrected chi connectivity index (χ3v) is 4.02. The van der Waals surface area contributed by atoms with Crippen LogP contribution in [-0.2, 0) is 0 Å². The van der Waals surface area contributed by atoms with E-state index < -0.39 is 0 Å². The Morgan fingerprint density at radius 3 is 2.67 bits per heavy atom. The lowest BCUT2D eigenvalue weighted by molar-refractivity contribution is 1.11. The number of halogens is 1. The van der Waals surface area contributed by atoms with Gasteiger partial charge < -0.3 is 3.11 Å². The average molecular weight is 351 g/mol. The topological polar surface area (TPSA) is 3.24 Å². The molecule has 0 aliphatic carbocycles. The maximum Gasteiger partial charge on any atom is 0.0594 e. The molecular weight excluding hydrogens is 333 g/mol. The monoisotopic (exact) mass is 351 g/mol. The molecule has 0 saturated carbocycles. The number of nitrogens with zero attached hydrogens (tertiary/aromatic N) is 1. The summed E-state index contributed by atoms with van der Waals surface area (Å²) in [6, 6.07) is 8.56. The highest BCUT2D eigenvalue weighted by Gasteiger charge is 2.13. The minimum Gasteiger partial charge on any atom is -0.310 e. The van der Waals surface area contributed by atoms with Crippen LogP contribution in [0.2, 0.25) is 0 Å². The second kappa shape index (κ2) is 5.74. The first-order valence-electron chi connectivity index (χ1n) is 6.17. The molecule has 0 fully saturated rings. The fraction of sp³-hybridized carbons (Fsp3) is 0.250. The van der Waals surface area contributed by atoms with Gasteiger partial charge in [-0.15, -0.1) is 0 Å². The van der Waals surface area contributed by atoms with E-state index in [0.29, 0.717) is 0 Å². The summed E-state index contributed by atoms with van der Waals surface area (Å²) in [5.41, 5.74) is 6.68.